The van der Waals surface area contributed by atoms with Crippen molar-refractivity contribution in [3.05, 3.63) is 52.2 Å². The van der Waals surface area contributed by atoms with Crippen molar-refractivity contribution >= 4 is 69.7 Å². The van der Waals surface area contributed by atoms with Gasteiger partial charge in [0.25, 0.3) is 11.8 Å². The number of carbonyl (C=O) groups is 4. The van der Waals surface area contributed by atoms with Crippen molar-refractivity contribution in [2.75, 3.05) is 31.2 Å². The molecule has 0 saturated carbocycles. The van der Waals surface area contributed by atoms with Crippen LogP contribution < -0.4 is 15.4 Å². The van der Waals surface area contributed by atoms with Crippen LogP contribution in [0.5, 0.6) is 5.75 Å². The number of alkyl halides is 1. The van der Waals surface area contributed by atoms with Crippen LogP contribution in [-0.2, 0) is 35.4 Å². The maximum Gasteiger partial charge on any atom is 0.355 e. The summed E-state index contributed by atoms with van der Waals surface area (Å²) in [5.74, 6) is -0.788. The minimum Gasteiger partial charge on any atom is -0.497 e. The minimum absolute atomic E-state index is 0.00662. The Bertz CT molecular complexity index is 1300. The second kappa shape index (κ2) is 12.3. The lowest BCUT2D eigenvalue weighted by atomic mass is 10.0. The maximum atomic E-state index is 13.1. The molecule has 15 heteroatoms. The van der Waals surface area contributed by atoms with Gasteiger partial charge in [-0.05, 0) is 23.3 Å². The van der Waals surface area contributed by atoms with Crippen LogP contribution in [0.25, 0.3) is 0 Å². The third-order valence-electron chi connectivity index (χ3n) is 5.54. The van der Waals surface area contributed by atoms with Crippen LogP contribution in [0.1, 0.15) is 11.3 Å². The molecule has 1 fully saturated rings. The molecule has 2 aromatic rings. The molecule has 0 spiro atoms. The summed E-state index contributed by atoms with van der Waals surface area (Å²) in [4.78, 5) is 60.0. The van der Waals surface area contributed by atoms with Crippen molar-refractivity contribution in [1.82, 2.24) is 15.2 Å². The molecule has 3 heterocycles. The molecule has 0 aliphatic carbocycles. The van der Waals surface area contributed by atoms with E-state index < -0.39 is 29.2 Å². The number of ether oxygens (including phenoxy) is 2. The zero-order chi connectivity index (χ0) is 27.2. The maximum absolute atomic E-state index is 13.1. The number of esters is 1. The van der Waals surface area contributed by atoms with Crippen LogP contribution in [-0.4, -0.2) is 77.1 Å². The summed E-state index contributed by atoms with van der Waals surface area (Å²) in [6, 6.07) is 6.10. The van der Waals surface area contributed by atoms with Gasteiger partial charge in [0.05, 0.1) is 7.11 Å². The van der Waals surface area contributed by atoms with Crippen molar-refractivity contribution in [3.63, 3.8) is 0 Å². The highest BCUT2D eigenvalue weighted by atomic mass is 35.5. The van der Waals surface area contributed by atoms with Gasteiger partial charge in [-0.1, -0.05) is 17.3 Å². The topological polar surface area (TPSA) is 149 Å². The van der Waals surface area contributed by atoms with E-state index in [1.54, 1.807) is 31.4 Å². The predicted octanol–water partition coefficient (Wildman–Crippen LogP) is 1.71. The number of carbonyl (C=O) groups excluding carboxylic acids is 4. The number of halogens is 1. The fourth-order valence-corrected chi connectivity index (χ4v) is 6.05. The highest BCUT2D eigenvalue weighted by molar-refractivity contribution is 8.00. The molecule has 1 unspecified atom stereocenters. The molecular formula is C23H22ClN5O7S2. The van der Waals surface area contributed by atoms with Crippen LogP contribution in [0.4, 0.5) is 5.13 Å². The predicted molar refractivity (Wildman–Crippen MR) is 141 cm³/mol. The molecule has 38 heavy (non-hydrogen) atoms. The average Bonchev–Trinajstić information content (AvgIpc) is 3.40. The fourth-order valence-electron chi connectivity index (χ4n) is 3.72. The summed E-state index contributed by atoms with van der Waals surface area (Å²) in [5.41, 5.74) is 1.37. The van der Waals surface area contributed by atoms with Crippen molar-refractivity contribution < 1.29 is 33.5 Å². The number of rotatable bonds is 11. The van der Waals surface area contributed by atoms with E-state index in [-0.39, 0.29) is 34.7 Å². The lowest BCUT2D eigenvalue weighted by molar-refractivity contribution is -0.153. The van der Waals surface area contributed by atoms with Gasteiger partial charge in [0, 0.05) is 17.0 Å². The largest absolute Gasteiger partial charge is 0.497 e. The number of amides is 3. The van der Waals surface area contributed by atoms with E-state index in [4.69, 9.17) is 25.9 Å². The number of oxime groups is 1. The number of fused-ring (bicyclic) bond motifs is 1. The number of thiazole rings is 1. The molecule has 2 aliphatic heterocycles. The average molecular weight is 580 g/mol. The summed E-state index contributed by atoms with van der Waals surface area (Å²) in [6.07, 6.45) is 0.458. The van der Waals surface area contributed by atoms with Gasteiger partial charge < -0.3 is 24.9 Å². The zero-order valence-corrected chi connectivity index (χ0v) is 22.5. The Balaban J connectivity index is 1.45. The van der Waals surface area contributed by atoms with Crippen molar-refractivity contribution in [1.29, 1.82) is 0 Å². The van der Waals surface area contributed by atoms with Gasteiger partial charge in [-0.3, -0.25) is 19.3 Å². The number of thioether (sulfide) groups is 1. The van der Waals surface area contributed by atoms with E-state index in [1.165, 1.54) is 29.2 Å². The van der Waals surface area contributed by atoms with Gasteiger partial charge in [-0.25, -0.2) is 9.78 Å². The molecule has 1 aromatic carbocycles. The van der Waals surface area contributed by atoms with E-state index in [2.05, 4.69) is 20.8 Å². The zero-order valence-electron chi connectivity index (χ0n) is 20.1. The van der Waals surface area contributed by atoms with Gasteiger partial charge >= 0.3 is 5.97 Å². The van der Waals surface area contributed by atoms with Crippen LogP contribution in [0.2, 0.25) is 0 Å². The van der Waals surface area contributed by atoms with Crippen molar-refractivity contribution in [2.24, 2.45) is 5.16 Å². The first-order chi connectivity index (χ1) is 18.4. The molecule has 2 aliphatic rings. The first kappa shape index (κ1) is 27.4. The number of hydrogen-bond acceptors (Lipinski definition) is 11. The van der Waals surface area contributed by atoms with Crippen LogP contribution in [0.15, 0.2) is 46.1 Å². The molecule has 4 rings (SSSR count). The Kier molecular flexibility index (Phi) is 8.86. The Labute approximate surface area is 230 Å². The second-order valence-corrected chi connectivity index (χ2v) is 10.0. The van der Waals surface area contributed by atoms with E-state index in [1.807, 2.05) is 0 Å². The van der Waals surface area contributed by atoms with Crippen LogP contribution in [0, 0.1) is 0 Å². The second-order valence-electron chi connectivity index (χ2n) is 7.79. The number of nitrogens with one attached hydrogen (secondary N) is 2. The van der Waals surface area contributed by atoms with Gasteiger partial charge in [-0.2, -0.15) is 0 Å². The highest BCUT2D eigenvalue weighted by Crippen LogP contribution is 2.41. The molecular weight excluding hydrogens is 558 g/mol. The van der Waals surface area contributed by atoms with Crippen molar-refractivity contribution in [3.8, 4) is 5.75 Å². The van der Waals surface area contributed by atoms with E-state index in [0.29, 0.717) is 23.5 Å². The number of β-lactam (4-membered cyclic amide) rings is 1. The molecule has 2 N–H and O–H groups in total. The molecule has 3 amide bonds. The molecule has 200 valence electrons. The number of benzene rings is 1. The number of hydrogen-bond donors (Lipinski definition) is 2. The number of nitrogens with zero attached hydrogens (tertiary/aromatic N) is 3. The third kappa shape index (κ3) is 5.61. The number of aromatic nitrogens is 1. The monoisotopic (exact) mass is 579 g/mol. The summed E-state index contributed by atoms with van der Waals surface area (Å²) in [6.45, 7) is -0.00662. The summed E-state index contributed by atoms with van der Waals surface area (Å²) >= 11 is 8.53. The molecule has 2 atom stereocenters. The van der Waals surface area contributed by atoms with Gasteiger partial charge in [0.15, 0.2) is 10.8 Å². The Morgan fingerprint density at radius 3 is 2.71 bits per heavy atom. The smallest absolute Gasteiger partial charge is 0.355 e. The highest BCUT2D eigenvalue weighted by Gasteiger charge is 2.54. The first-order valence-corrected chi connectivity index (χ1v) is 13.5. The SMILES string of the molecule is CON=C(C(=O)NC1C(=O)N2C(C(=O)OCc3ccc(OC)cc3)=C(CCl)CS[C@@H]12)c1csc(NC=O)n1. The van der Waals surface area contributed by atoms with Gasteiger partial charge in [0.2, 0.25) is 6.41 Å². The summed E-state index contributed by atoms with van der Waals surface area (Å²) in [7, 11) is 2.82. The molecule has 1 aromatic heterocycles. The third-order valence-corrected chi connectivity index (χ3v) is 7.98. The number of methoxy groups -OCH3 is 1. The lowest BCUT2D eigenvalue weighted by Gasteiger charge is -2.49. The first-order valence-electron chi connectivity index (χ1n) is 11.0. The standard InChI is InChI=1S/C23H22ClN5O7S2/c1-34-14-5-3-12(4-6-14)8-36-22(33)18-13(7-24)9-37-21-17(20(32)29(18)21)27-19(31)16(28-35-2)15-10-38-23(26-15)25-11-30/h3-6,10-11,17,21H,7-9H2,1-2H3,(H,27,31)(H,25,26,30)/t17?,21-/m0/s1. The molecule has 12 nitrogen and oxygen atoms in total. The molecule has 1 saturated heterocycles. The minimum atomic E-state index is -0.929. The van der Waals surface area contributed by atoms with E-state index in [0.717, 1.165) is 16.9 Å². The molecule has 0 radical (unpaired) electrons. The normalized spacial score (nSPS) is 18.8. The quantitative estimate of drug-likeness (QED) is 0.101. The number of anilines is 1. The summed E-state index contributed by atoms with van der Waals surface area (Å²) < 4.78 is 10.6. The van der Waals surface area contributed by atoms with Crippen LogP contribution in [0.3, 0.4) is 0 Å². The van der Waals surface area contributed by atoms with Crippen LogP contribution >= 0.6 is 34.7 Å². The fraction of sp³-hybridized carbons (Fsp3) is 0.304. The lowest BCUT2D eigenvalue weighted by Crippen LogP contribution is -2.71. The Morgan fingerprint density at radius 1 is 1.29 bits per heavy atom. The summed E-state index contributed by atoms with van der Waals surface area (Å²) in [5, 5.41) is 10.00. The van der Waals surface area contributed by atoms with Gasteiger partial charge in [0.1, 0.15) is 42.3 Å². The van der Waals surface area contributed by atoms with E-state index >= 15 is 0 Å². The van der Waals surface area contributed by atoms with E-state index in [9.17, 15) is 19.2 Å². The Hall–Kier alpha value is -3.62. The van der Waals surface area contributed by atoms with Crippen molar-refractivity contribution in [2.45, 2.75) is 18.0 Å². The molecule has 0 bridgehead atoms. The Morgan fingerprint density at radius 2 is 2.05 bits per heavy atom. The van der Waals surface area contributed by atoms with Gasteiger partial charge in [-0.15, -0.1) is 34.7 Å².